The van der Waals surface area contributed by atoms with Crippen LogP contribution in [0.2, 0.25) is 0 Å². The maximum absolute atomic E-state index is 6.56. The van der Waals surface area contributed by atoms with Crippen molar-refractivity contribution >= 4 is 89.3 Å². The van der Waals surface area contributed by atoms with Crippen molar-refractivity contribution in [1.29, 1.82) is 0 Å². The molecule has 4 nitrogen and oxygen atoms in total. The van der Waals surface area contributed by atoms with Crippen molar-refractivity contribution in [2.45, 2.75) is 261 Å². The molecule has 3 aliphatic rings. The highest BCUT2D eigenvalue weighted by molar-refractivity contribution is 9.11. The van der Waals surface area contributed by atoms with Crippen LogP contribution in [0.15, 0.2) is 75.7 Å². The maximum atomic E-state index is 6.56. The third-order valence-corrected chi connectivity index (χ3v) is 21.1. The topological polar surface area (TPSA) is 36.9 Å². The monoisotopic (exact) mass is 1210 g/mol. The van der Waals surface area contributed by atoms with E-state index in [2.05, 4.69) is 216 Å². The van der Waals surface area contributed by atoms with Gasteiger partial charge in [-0.25, -0.2) is 0 Å². The Bertz CT molecular complexity index is 2920. The van der Waals surface area contributed by atoms with Crippen LogP contribution in [0.1, 0.15) is 242 Å². The third kappa shape index (κ3) is 13.8. The second-order valence-corrected chi connectivity index (χ2v) is 30.3. The van der Waals surface area contributed by atoms with E-state index in [9.17, 15) is 0 Å². The molecule has 9 rings (SSSR count). The first kappa shape index (κ1) is 63.3. The summed E-state index contributed by atoms with van der Waals surface area (Å²) < 4.78 is 28.5. The van der Waals surface area contributed by atoms with Gasteiger partial charge in [-0.2, -0.15) is 0 Å². The average molecular weight is 1210 g/mol. The third-order valence-electron chi connectivity index (χ3n) is 19.7. The van der Waals surface area contributed by atoms with Crippen molar-refractivity contribution < 1.29 is 18.6 Å². The SMILES string of the molecule is CC(C)CCCC(C)CCc1cc(Br)c2ccc3c(CCC(C)CCCC(C)C)cc(Br)c4ccc1c2c43.CCCCCCCCCc1cc(B2OC(C)(C)C(C)(C)O2)cc2c1-c1ccc(B3OC(C)(C)C(C)(C)O3)cc1C2(C)C. The van der Waals surface area contributed by atoms with Gasteiger partial charge in [0.2, 0.25) is 0 Å². The molecule has 0 saturated carbocycles. The van der Waals surface area contributed by atoms with E-state index in [1.807, 2.05) is 0 Å². The summed E-state index contributed by atoms with van der Waals surface area (Å²) in [6.07, 6.45) is 23.1. The van der Waals surface area contributed by atoms with Gasteiger partial charge in [0.1, 0.15) is 0 Å². The Kier molecular flexibility index (Phi) is 20.5. The van der Waals surface area contributed by atoms with Crippen LogP contribution in [0.3, 0.4) is 0 Å². The van der Waals surface area contributed by atoms with Crippen molar-refractivity contribution in [2.75, 3.05) is 0 Å². The van der Waals surface area contributed by atoms with E-state index in [-0.39, 0.29) is 42.1 Å². The first-order valence-electron chi connectivity index (χ1n) is 31.8. The standard InChI is InChI=1S/C36H54B2O4.C36H48Br2/c1-12-13-14-15-16-17-18-19-25-22-27(38-41-35(8,9)36(10,11)42-38)24-30-31(25)28-21-20-26(23-29(28)32(30,2)3)37-39-33(4,5)34(6,7)40-37;1-23(2)9-7-11-25(5)13-15-27-21-33(37)31-20-18-30-28(16-14-26(6)12-8-10-24(3)4)22-34(38)32-19-17-29(27)35(31)36(30)32/h20-24H,12-19H2,1-11H3;17-26H,7-16H2,1-6H3. The van der Waals surface area contributed by atoms with Crippen LogP contribution in [0, 0.1) is 23.7 Å². The van der Waals surface area contributed by atoms with Crippen molar-refractivity contribution in [3.05, 3.63) is 103 Å². The molecule has 0 amide bonds. The zero-order valence-corrected chi connectivity index (χ0v) is 56.1. The van der Waals surface area contributed by atoms with Crippen molar-refractivity contribution in [2.24, 2.45) is 23.7 Å². The number of halogens is 2. The lowest BCUT2D eigenvalue weighted by atomic mass is 9.72. The van der Waals surface area contributed by atoms with Crippen LogP contribution in [0.25, 0.3) is 43.4 Å². The lowest BCUT2D eigenvalue weighted by Crippen LogP contribution is -2.41. The van der Waals surface area contributed by atoms with E-state index in [1.165, 1.54) is 177 Å². The van der Waals surface area contributed by atoms with Gasteiger partial charge in [0.25, 0.3) is 0 Å². The molecule has 2 saturated heterocycles. The van der Waals surface area contributed by atoms with Gasteiger partial charge >= 0.3 is 14.2 Å². The molecule has 2 fully saturated rings. The van der Waals surface area contributed by atoms with E-state index in [0.29, 0.717) is 0 Å². The summed E-state index contributed by atoms with van der Waals surface area (Å²) in [6, 6.07) is 25.9. The molecule has 2 unspecified atom stereocenters. The summed E-state index contributed by atoms with van der Waals surface area (Å²) in [7, 11) is -0.736. The highest BCUT2D eigenvalue weighted by Gasteiger charge is 2.54. The fourth-order valence-electron chi connectivity index (χ4n) is 13.0. The molecular formula is C72H102B2Br2O4. The van der Waals surface area contributed by atoms with E-state index < -0.39 is 0 Å². The van der Waals surface area contributed by atoms with Gasteiger partial charge in [-0.05, 0) is 212 Å². The number of hydrogen-bond donors (Lipinski definition) is 0. The Morgan fingerprint density at radius 2 is 0.838 bits per heavy atom. The molecule has 6 aromatic rings. The van der Waals surface area contributed by atoms with Gasteiger partial charge in [-0.15, -0.1) is 0 Å². The van der Waals surface area contributed by atoms with Crippen LogP contribution in [0.4, 0.5) is 0 Å². The Balaban J connectivity index is 0.000000211. The van der Waals surface area contributed by atoms with Crippen LogP contribution in [-0.4, -0.2) is 36.6 Å². The molecule has 434 valence electrons. The number of rotatable bonds is 24. The largest absolute Gasteiger partial charge is 0.494 e. The van der Waals surface area contributed by atoms with Gasteiger partial charge in [0.15, 0.2) is 0 Å². The zero-order chi connectivity index (χ0) is 58.1. The molecule has 1 aliphatic carbocycles. The molecule has 8 heteroatoms. The van der Waals surface area contributed by atoms with Crippen LogP contribution < -0.4 is 10.9 Å². The van der Waals surface area contributed by atoms with Crippen molar-refractivity contribution in [1.82, 2.24) is 0 Å². The summed E-state index contributed by atoms with van der Waals surface area (Å²) in [6.45, 7) is 38.3. The van der Waals surface area contributed by atoms with Gasteiger partial charge < -0.3 is 18.6 Å². The summed E-state index contributed by atoms with van der Waals surface area (Å²) in [4.78, 5) is 0. The van der Waals surface area contributed by atoms with Gasteiger partial charge in [-0.1, -0.05) is 226 Å². The van der Waals surface area contributed by atoms with Crippen molar-refractivity contribution in [3.8, 4) is 11.1 Å². The number of aryl methyl sites for hydroxylation is 3. The zero-order valence-electron chi connectivity index (χ0n) is 52.9. The normalized spacial score (nSPS) is 18.5. The molecule has 0 bridgehead atoms. The van der Waals surface area contributed by atoms with Crippen LogP contribution >= 0.6 is 31.9 Å². The van der Waals surface area contributed by atoms with E-state index in [1.54, 1.807) is 0 Å². The minimum atomic E-state index is -0.369. The summed E-state index contributed by atoms with van der Waals surface area (Å²) in [5.74, 6) is 3.17. The summed E-state index contributed by atoms with van der Waals surface area (Å²) in [5, 5.41) is 8.48. The molecule has 0 radical (unpaired) electrons. The maximum Gasteiger partial charge on any atom is 0.494 e. The second kappa shape index (κ2) is 25.9. The molecule has 6 aromatic carbocycles. The molecule has 80 heavy (non-hydrogen) atoms. The van der Waals surface area contributed by atoms with Crippen LogP contribution in [-0.2, 0) is 43.3 Å². The first-order chi connectivity index (χ1) is 37.7. The molecule has 0 N–H and O–H groups in total. The Labute approximate surface area is 504 Å². The number of unbranched alkanes of at least 4 members (excludes halogenated alkanes) is 6. The van der Waals surface area contributed by atoms with Crippen molar-refractivity contribution in [3.63, 3.8) is 0 Å². The summed E-state index contributed by atoms with van der Waals surface area (Å²) in [5.41, 5.74) is 10.5. The van der Waals surface area contributed by atoms with Gasteiger partial charge in [0, 0.05) is 14.4 Å². The average Bonchev–Trinajstić information content (AvgIpc) is 3.98. The van der Waals surface area contributed by atoms with E-state index >= 15 is 0 Å². The minimum Gasteiger partial charge on any atom is -0.399 e. The predicted octanol–water partition coefficient (Wildman–Crippen LogP) is 20.8. The lowest BCUT2D eigenvalue weighted by Gasteiger charge is -2.32. The highest BCUT2D eigenvalue weighted by atomic mass is 79.9. The number of benzene rings is 6. The Morgan fingerprint density at radius 1 is 0.412 bits per heavy atom. The van der Waals surface area contributed by atoms with Gasteiger partial charge in [-0.3, -0.25) is 0 Å². The number of hydrogen-bond acceptors (Lipinski definition) is 4. The summed E-state index contributed by atoms with van der Waals surface area (Å²) >= 11 is 7.93. The van der Waals surface area contributed by atoms with Gasteiger partial charge in [0.05, 0.1) is 22.4 Å². The molecule has 2 heterocycles. The smallest absolute Gasteiger partial charge is 0.399 e. The molecular weight excluding hydrogens is 1110 g/mol. The quantitative estimate of drug-likeness (QED) is 0.0344. The molecule has 0 spiro atoms. The Morgan fingerprint density at radius 3 is 1.30 bits per heavy atom. The highest BCUT2D eigenvalue weighted by Crippen LogP contribution is 2.51. The fourth-order valence-corrected chi connectivity index (χ4v) is 14.2. The lowest BCUT2D eigenvalue weighted by molar-refractivity contribution is 0.00578. The second-order valence-electron chi connectivity index (χ2n) is 28.6. The molecule has 2 atom stereocenters. The van der Waals surface area contributed by atoms with Crippen LogP contribution in [0.5, 0.6) is 0 Å². The fraction of sp³-hybridized carbons (Fsp3) is 0.611. The minimum absolute atomic E-state index is 0.168. The van der Waals surface area contributed by atoms with E-state index in [4.69, 9.17) is 18.6 Å². The number of fused-ring (bicyclic) bond motifs is 3. The molecule has 0 aromatic heterocycles. The molecule has 2 aliphatic heterocycles. The first-order valence-corrected chi connectivity index (χ1v) is 33.4. The Hall–Kier alpha value is -2.71. The van der Waals surface area contributed by atoms with E-state index in [0.717, 1.165) is 53.9 Å². The predicted molar refractivity (Wildman–Crippen MR) is 355 cm³/mol.